The molecule has 1 unspecified atom stereocenters. The Morgan fingerprint density at radius 3 is 2.70 bits per heavy atom. The summed E-state index contributed by atoms with van der Waals surface area (Å²) >= 11 is 0. The van der Waals surface area contributed by atoms with Crippen molar-refractivity contribution >= 4 is 0 Å². The first-order valence-corrected chi connectivity index (χ1v) is 7.29. The standard InChI is InChI=1S/C16H25FN2O/c1-18-11-16(8-3-9-20-13-16)12-19(2)10-14-4-6-15(17)7-5-14/h4-7,18H,3,8-13H2,1-2H3. The Kier molecular flexibility index (Phi) is 5.52. The van der Waals surface area contributed by atoms with Gasteiger partial charge in [0.15, 0.2) is 0 Å². The van der Waals surface area contributed by atoms with Gasteiger partial charge >= 0.3 is 0 Å². The topological polar surface area (TPSA) is 24.5 Å². The number of nitrogens with zero attached hydrogens (tertiary/aromatic N) is 1. The maximum Gasteiger partial charge on any atom is 0.123 e. The maximum atomic E-state index is 12.9. The molecule has 112 valence electrons. The van der Waals surface area contributed by atoms with Crippen molar-refractivity contribution < 1.29 is 9.13 Å². The molecular formula is C16H25FN2O. The Hall–Kier alpha value is -0.970. The minimum Gasteiger partial charge on any atom is -0.381 e. The van der Waals surface area contributed by atoms with Gasteiger partial charge in [0.25, 0.3) is 0 Å². The summed E-state index contributed by atoms with van der Waals surface area (Å²) in [7, 11) is 4.12. The Balaban J connectivity index is 1.93. The first-order valence-electron chi connectivity index (χ1n) is 7.29. The second-order valence-corrected chi connectivity index (χ2v) is 5.99. The Labute approximate surface area is 121 Å². The van der Waals surface area contributed by atoms with Crippen LogP contribution >= 0.6 is 0 Å². The molecule has 2 rings (SSSR count). The molecule has 0 aliphatic carbocycles. The summed E-state index contributed by atoms with van der Waals surface area (Å²) in [5.41, 5.74) is 1.34. The van der Waals surface area contributed by atoms with Crippen molar-refractivity contribution in [3.8, 4) is 0 Å². The Morgan fingerprint density at radius 2 is 2.10 bits per heavy atom. The van der Waals surface area contributed by atoms with Crippen LogP contribution in [0.25, 0.3) is 0 Å². The van der Waals surface area contributed by atoms with E-state index in [0.29, 0.717) is 0 Å². The Bertz CT molecular complexity index is 396. The molecule has 1 fully saturated rings. The largest absolute Gasteiger partial charge is 0.381 e. The highest BCUT2D eigenvalue weighted by Gasteiger charge is 2.33. The second-order valence-electron chi connectivity index (χ2n) is 5.99. The lowest BCUT2D eigenvalue weighted by molar-refractivity contribution is -0.0228. The van der Waals surface area contributed by atoms with Crippen molar-refractivity contribution in [2.45, 2.75) is 19.4 Å². The van der Waals surface area contributed by atoms with Crippen molar-refractivity contribution in [2.75, 3.05) is 40.4 Å². The summed E-state index contributed by atoms with van der Waals surface area (Å²) in [5.74, 6) is -0.177. The summed E-state index contributed by atoms with van der Waals surface area (Å²) in [6.07, 6.45) is 2.33. The molecule has 1 N–H and O–H groups in total. The number of hydrogen-bond donors (Lipinski definition) is 1. The second kappa shape index (κ2) is 7.16. The quantitative estimate of drug-likeness (QED) is 0.865. The van der Waals surface area contributed by atoms with Gasteiger partial charge in [-0.1, -0.05) is 12.1 Å². The summed E-state index contributed by atoms with van der Waals surface area (Å²) in [6.45, 7) is 4.51. The van der Waals surface area contributed by atoms with Gasteiger partial charge in [0.1, 0.15) is 5.82 Å². The van der Waals surface area contributed by atoms with E-state index in [2.05, 4.69) is 17.3 Å². The number of halogens is 1. The van der Waals surface area contributed by atoms with Gasteiger partial charge in [-0.25, -0.2) is 4.39 Å². The van der Waals surface area contributed by atoms with Crippen LogP contribution in [-0.4, -0.2) is 45.3 Å². The fourth-order valence-electron chi connectivity index (χ4n) is 3.14. The van der Waals surface area contributed by atoms with Crippen LogP contribution in [0.2, 0.25) is 0 Å². The molecule has 0 radical (unpaired) electrons. The Morgan fingerprint density at radius 1 is 1.35 bits per heavy atom. The van der Waals surface area contributed by atoms with Crippen LogP contribution in [0.3, 0.4) is 0 Å². The molecule has 3 nitrogen and oxygen atoms in total. The fourth-order valence-corrected chi connectivity index (χ4v) is 3.14. The van der Waals surface area contributed by atoms with E-state index in [9.17, 15) is 4.39 Å². The van der Waals surface area contributed by atoms with Gasteiger partial charge in [-0.3, -0.25) is 0 Å². The lowest BCUT2D eigenvalue weighted by Gasteiger charge is -2.39. The normalized spacial score (nSPS) is 23.2. The monoisotopic (exact) mass is 280 g/mol. The van der Waals surface area contributed by atoms with Crippen LogP contribution in [0.15, 0.2) is 24.3 Å². The number of ether oxygens (including phenoxy) is 1. The molecule has 1 saturated heterocycles. The highest BCUT2D eigenvalue weighted by atomic mass is 19.1. The molecule has 1 aromatic carbocycles. The zero-order chi connectivity index (χ0) is 14.4. The average Bonchev–Trinajstić information content (AvgIpc) is 2.42. The minimum atomic E-state index is -0.177. The third-order valence-electron chi connectivity index (χ3n) is 3.93. The van der Waals surface area contributed by atoms with Crippen LogP contribution < -0.4 is 5.32 Å². The van der Waals surface area contributed by atoms with E-state index in [0.717, 1.165) is 44.8 Å². The molecule has 0 aromatic heterocycles. The molecule has 4 heteroatoms. The van der Waals surface area contributed by atoms with E-state index in [-0.39, 0.29) is 11.2 Å². The van der Waals surface area contributed by atoms with Crippen LogP contribution in [0.4, 0.5) is 4.39 Å². The van der Waals surface area contributed by atoms with Crippen LogP contribution in [0, 0.1) is 11.2 Å². The number of benzene rings is 1. The summed E-state index contributed by atoms with van der Waals surface area (Å²) in [4.78, 5) is 2.30. The van der Waals surface area contributed by atoms with E-state index < -0.39 is 0 Å². The first-order chi connectivity index (χ1) is 9.63. The highest BCUT2D eigenvalue weighted by molar-refractivity contribution is 5.15. The minimum absolute atomic E-state index is 0.177. The van der Waals surface area contributed by atoms with Gasteiger partial charge in [0.2, 0.25) is 0 Å². The van der Waals surface area contributed by atoms with Gasteiger partial charge in [0.05, 0.1) is 6.61 Å². The molecule has 0 saturated carbocycles. The van der Waals surface area contributed by atoms with E-state index in [1.165, 1.54) is 18.6 Å². The lowest BCUT2D eigenvalue weighted by atomic mass is 9.82. The summed E-state index contributed by atoms with van der Waals surface area (Å²) < 4.78 is 18.6. The maximum absolute atomic E-state index is 12.9. The van der Waals surface area contributed by atoms with Crippen LogP contribution in [0.5, 0.6) is 0 Å². The third kappa shape index (κ3) is 4.27. The number of hydrogen-bond acceptors (Lipinski definition) is 3. The van der Waals surface area contributed by atoms with Crippen molar-refractivity contribution in [3.05, 3.63) is 35.6 Å². The van der Waals surface area contributed by atoms with Gasteiger partial charge in [-0.05, 0) is 44.6 Å². The molecule has 0 amide bonds. The lowest BCUT2D eigenvalue weighted by Crippen LogP contribution is -2.47. The molecule has 0 bridgehead atoms. The van der Waals surface area contributed by atoms with Crippen LogP contribution in [0.1, 0.15) is 18.4 Å². The fraction of sp³-hybridized carbons (Fsp3) is 0.625. The third-order valence-corrected chi connectivity index (χ3v) is 3.93. The highest BCUT2D eigenvalue weighted by Crippen LogP contribution is 2.29. The molecule has 1 aliphatic rings. The van der Waals surface area contributed by atoms with Gasteiger partial charge in [0, 0.05) is 31.7 Å². The molecule has 1 heterocycles. The zero-order valence-electron chi connectivity index (χ0n) is 12.5. The van der Waals surface area contributed by atoms with E-state index in [1.807, 2.05) is 19.2 Å². The number of nitrogens with one attached hydrogen (secondary N) is 1. The predicted molar refractivity (Wildman–Crippen MR) is 79.1 cm³/mol. The van der Waals surface area contributed by atoms with E-state index in [1.54, 1.807) is 0 Å². The van der Waals surface area contributed by atoms with Crippen molar-refractivity contribution in [3.63, 3.8) is 0 Å². The number of rotatable bonds is 6. The molecule has 0 spiro atoms. The summed E-state index contributed by atoms with van der Waals surface area (Å²) in [5, 5.41) is 3.30. The smallest absolute Gasteiger partial charge is 0.123 e. The van der Waals surface area contributed by atoms with Gasteiger partial charge < -0.3 is 15.0 Å². The van der Waals surface area contributed by atoms with Gasteiger partial charge in [-0.15, -0.1) is 0 Å². The van der Waals surface area contributed by atoms with Crippen molar-refractivity contribution in [1.82, 2.24) is 10.2 Å². The summed E-state index contributed by atoms with van der Waals surface area (Å²) in [6, 6.07) is 6.76. The van der Waals surface area contributed by atoms with E-state index in [4.69, 9.17) is 4.74 Å². The molecule has 1 aromatic rings. The predicted octanol–water partition coefficient (Wildman–Crippen LogP) is 2.27. The van der Waals surface area contributed by atoms with Gasteiger partial charge in [-0.2, -0.15) is 0 Å². The SMILES string of the molecule is CNCC1(CN(C)Cc2ccc(F)cc2)CCCOC1. The molecule has 1 aliphatic heterocycles. The van der Waals surface area contributed by atoms with Crippen molar-refractivity contribution in [1.29, 1.82) is 0 Å². The zero-order valence-corrected chi connectivity index (χ0v) is 12.5. The average molecular weight is 280 g/mol. The van der Waals surface area contributed by atoms with E-state index >= 15 is 0 Å². The molecule has 20 heavy (non-hydrogen) atoms. The van der Waals surface area contributed by atoms with Crippen LogP contribution in [-0.2, 0) is 11.3 Å². The first kappa shape index (κ1) is 15.4. The van der Waals surface area contributed by atoms with Crippen molar-refractivity contribution in [2.24, 2.45) is 5.41 Å². The molecule has 1 atom stereocenters. The molecular weight excluding hydrogens is 255 g/mol.